The molecule has 0 spiro atoms. The van der Waals surface area contributed by atoms with E-state index in [9.17, 15) is 14.4 Å². The van der Waals surface area contributed by atoms with E-state index in [1.165, 1.54) is 12.0 Å². The van der Waals surface area contributed by atoms with Crippen LogP contribution in [0.4, 0.5) is 0 Å². The van der Waals surface area contributed by atoms with Gasteiger partial charge in [0.15, 0.2) is 0 Å². The van der Waals surface area contributed by atoms with Crippen molar-refractivity contribution in [3.05, 3.63) is 12.2 Å². The summed E-state index contributed by atoms with van der Waals surface area (Å²) in [7, 11) is 1.47. The van der Waals surface area contributed by atoms with Crippen LogP contribution in [-0.2, 0) is 19.1 Å². The monoisotopic (exact) mass is 343 g/mol. The maximum absolute atomic E-state index is 12.4. The van der Waals surface area contributed by atoms with Gasteiger partial charge in [-0.25, -0.2) is 0 Å². The van der Waals surface area contributed by atoms with Crippen LogP contribution in [0.1, 0.15) is 6.42 Å². The summed E-state index contributed by atoms with van der Waals surface area (Å²) in [4.78, 5) is 37.8. The lowest BCUT2D eigenvalue weighted by atomic mass is 9.85. The Morgan fingerprint density at radius 1 is 1.35 bits per heavy atom. The van der Waals surface area contributed by atoms with Gasteiger partial charge in [-0.05, 0) is 18.3 Å². The molecule has 23 heavy (non-hydrogen) atoms. The average Bonchev–Trinajstić information content (AvgIpc) is 3.16. The number of hydrogen-bond donors (Lipinski definition) is 2. The lowest BCUT2D eigenvalue weighted by Gasteiger charge is -2.18. The standard InChI is InChI=1S/C15H21N3O4.ClH/c1-22-7-10(16)13(19)17-4-5-18-14(20)11-8-2-3-9(6-8)12(11)15(18)21;/h2-3,8-12H,4-7,16H2,1H3,(H,17,19);1H. The maximum Gasteiger partial charge on any atom is 0.239 e. The molecule has 3 amide bonds. The van der Waals surface area contributed by atoms with Gasteiger partial charge in [0.05, 0.1) is 18.4 Å². The third-order valence-electron chi connectivity index (χ3n) is 4.88. The van der Waals surface area contributed by atoms with Gasteiger partial charge in [-0.3, -0.25) is 19.3 Å². The summed E-state index contributed by atoms with van der Waals surface area (Å²) in [6.07, 6.45) is 5.04. The average molecular weight is 344 g/mol. The minimum Gasteiger partial charge on any atom is -0.383 e. The molecular weight excluding hydrogens is 322 g/mol. The van der Waals surface area contributed by atoms with Gasteiger partial charge in [-0.15, -0.1) is 12.4 Å². The van der Waals surface area contributed by atoms with Crippen molar-refractivity contribution in [1.29, 1.82) is 0 Å². The van der Waals surface area contributed by atoms with Crippen LogP contribution < -0.4 is 11.1 Å². The number of nitrogens with one attached hydrogen (secondary N) is 1. The lowest BCUT2D eigenvalue weighted by molar-refractivity contribution is -0.141. The van der Waals surface area contributed by atoms with Crippen LogP contribution in [0.25, 0.3) is 0 Å². The molecule has 0 aromatic carbocycles. The second-order valence-corrected chi connectivity index (χ2v) is 6.18. The second-order valence-electron chi connectivity index (χ2n) is 6.18. The summed E-state index contributed by atoms with van der Waals surface area (Å²) in [6.45, 7) is 0.554. The molecule has 0 aromatic rings. The number of carbonyl (C=O) groups is 3. The first-order chi connectivity index (χ1) is 10.5. The first kappa shape index (κ1) is 17.9. The Morgan fingerprint density at radius 2 is 1.91 bits per heavy atom. The van der Waals surface area contributed by atoms with Gasteiger partial charge >= 0.3 is 0 Å². The number of carbonyl (C=O) groups excluding carboxylic acids is 3. The number of amides is 3. The van der Waals surface area contributed by atoms with Gasteiger partial charge in [-0.2, -0.15) is 0 Å². The summed E-state index contributed by atoms with van der Waals surface area (Å²) >= 11 is 0. The third kappa shape index (κ3) is 3.00. The Balaban J connectivity index is 0.00000192. The van der Waals surface area contributed by atoms with Crippen LogP contribution in [0.15, 0.2) is 12.2 Å². The molecule has 2 fully saturated rings. The normalized spacial score (nSPS) is 32.0. The van der Waals surface area contributed by atoms with E-state index in [2.05, 4.69) is 17.5 Å². The van der Waals surface area contributed by atoms with Crippen LogP contribution in [-0.4, -0.2) is 55.5 Å². The number of fused-ring (bicyclic) bond motifs is 5. The molecule has 128 valence electrons. The number of allylic oxidation sites excluding steroid dienone is 2. The summed E-state index contributed by atoms with van der Waals surface area (Å²) in [6, 6.07) is -0.741. The molecule has 1 saturated carbocycles. The number of rotatable bonds is 6. The molecule has 1 saturated heterocycles. The maximum atomic E-state index is 12.4. The molecule has 5 atom stereocenters. The second kappa shape index (κ2) is 6.98. The van der Waals surface area contributed by atoms with Crippen LogP contribution in [0.3, 0.4) is 0 Å². The summed E-state index contributed by atoms with van der Waals surface area (Å²) in [5.41, 5.74) is 5.60. The predicted octanol–water partition coefficient (Wildman–Crippen LogP) is -0.695. The fourth-order valence-corrected chi connectivity index (χ4v) is 3.86. The highest BCUT2D eigenvalue weighted by Gasteiger charge is 2.58. The van der Waals surface area contributed by atoms with Gasteiger partial charge in [-0.1, -0.05) is 12.2 Å². The van der Waals surface area contributed by atoms with Gasteiger partial charge < -0.3 is 15.8 Å². The van der Waals surface area contributed by atoms with Crippen molar-refractivity contribution in [2.75, 3.05) is 26.8 Å². The van der Waals surface area contributed by atoms with Gasteiger partial charge in [0.2, 0.25) is 17.7 Å². The molecule has 0 radical (unpaired) electrons. The van der Waals surface area contributed by atoms with E-state index in [-0.39, 0.29) is 73.5 Å². The zero-order valence-electron chi connectivity index (χ0n) is 12.9. The smallest absolute Gasteiger partial charge is 0.239 e. The first-order valence-corrected chi connectivity index (χ1v) is 7.60. The third-order valence-corrected chi connectivity index (χ3v) is 4.88. The van der Waals surface area contributed by atoms with Crippen molar-refractivity contribution >= 4 is 30.1 Å². The number of ether oxygens (including phenoxy) is 1. The van der Waals surface area contributed by atoms with Gasteiger partial charge in [0.25, 0.3) is 0 Å². The van der Waals surface area contributed by atoms with Gasteiger partial charge in [0.1, 0.15) is 6.04 Å². The number of likely N-dealkylation sites (tertiary alicyclic amines) is 1. The van der Waals surface area contributed by atoms with Crippen molar-refractivity contribution < 1.29 is 19.1 Å². The Labute approximate surface area is 141 Å². The van der Waals surface area contributed by atoms with Crippen molar-refractivity contribution in [2.45, 2.75) is 12.5 Å². The van der Waals surface area contributed by atoms with E-state index < -0.39 is 6.04 Å². The quantitative estimate of drug-likeness (QED) is 0.491. The summed E-state index contributed by atoms with van der Waals surface area (Å²) in [5.74, 6) is -0.488. The number of hydrogen-bond acceptors (Lipinski definition) is 5. The number of nitrogens with zero attached hydrogens (tertiary/aromatic N) is 1. The highest BCUT2D eigenvalue weighted by atomic mass is 35.5. The fraction of sp³-hybridized carbons (Fsp3) is 0.667. The molecule has 1 heterocycles. The van der Waals surface area contributed by atoms with E-state index >= 15 is 0 Å². The fourth-order valence-electron chi connectivity index (χ4n) is 3.86. The molecule has 3 N–H and O–H groups in total. The molecular formula is C15H22ClN3O4. The van der Waals surface area contributed by atoms with E-state index in [1.54, 1.807) is 0 Å². The zero-order valence-corrected chi connectivity index (χ0v) is 13.8. The van der Waals surface area contributed by atoms with E-state index in [4.69, 9.17) is 10.5 Å². The topological polar surface area (TPSA) is 102 Å². The summed E-state index contributed by atoms with van der Waals surface area (Å²) in [5, 5.41) is 2.63. The number of imide groups is 1. The number of methoxy groups -OCH3 is 1. The van der Waals surface area contributed by atoms with Crippen molar-refractivity contribution in [1.82, 2.24) is 10.2 Å². The van der Waals surface area contributed by atoms with Gasteiger partial charge in [0, 0.05) is 20.2 Å². The van der Waals surface area contributed by atoms with Crippen LogP contribution in [0, 0.1) is 23.7 Å². The summed E-state index contributed by atoms with van der Waals surface area (Å²) < 4.78 is 4.81. The van der Waals surface area contributed by atoms with Crippen LogP contribution in [0.5, 0.6) is 0 Å². The lowest BCUT2D eigenvalue weighted by Crippen LogP contribution is -2.46. The van der Waals surface area contributed by atoms with E-state index in [0.29, 0.717) is 0 Å². The molecule has 2 aliphatic carbocycles. The van der Waals surface area contributed by atoms with Crippen molar-refractivity contribution in [3.63, 3.8) is 0 Å². The molecule has 8 heteroatoms. The molecule has 5 unspecified atom stereocenters. The molecule has 2 bridgehead atoms. The first-order valence-electron chi connectivity index (χ1n) is 7.60. The zero-order chi connectivity index (χ0) is 15.9. The molecule has 3 rings (SSSR count). The number of nitrogens with two attached hydrogens (primary N) is 1. The Bertz CT molecular complexity index is 509. The minimum absolute atomic E-state index is 0. The SMILES string of the molecule is COCC(N)C(=O)NCCN1C(=O)C2C3C=CC(C3)C2C1=O.Cl. The molecule has 7 nitrogen and oxygen atoms in total. The Hall–Kier alpha value is -1.44. The van der Waals surface area contributed by atoms with E-state index in [0.717, 1.165) is 6.42 Å². The number of halogens is 1. The van der Waals surface area contributed by atoms with Crippen LogP contribution >= 0.6 is 12.4 Å². The van der Waals surface area contributed by atoms with E-state index in [1.807, 2.05) is 0 Å². The van der Waals surface area contributed by atoms with Crippen LogP contribution in [0.2, 0.25) is 0 Å². The molecule has 3 aliphatic rings. The van der Waals surface area contributed by atoms with Crippen molar-refractivity contribution in [3.8, 4) is 0 Å². The largest absolute Gasteiger partial charge is 0.383 e. The highest BCUT2D eigenvalue weighted by molar-refractivity contribution is 6.06. The Kier molecular flexibility index (Phi) is 5.44. The molecule has 0 aromatic heterocycles. The predicted molar refractivity (Wildman–Crippen MR) is 84.5 cm³/mol. The Morgan fingerprint density at radius 3 is 2.43 bits per heavy atom. The highest BCUT2D eigenvalue weighted by Crippen LogP contribution is 2.52. The molecule has 1 aliphatic heterocycles. The minimum atomic E-state index is -0.741. The van der Waals surface area contributed by atoms with Crippen molar-refractivity contribution in [2.24, 2.45) is 29.4 Å².